The molecule has 0 radical (unpaired) electrons. The van der Waals surface area contributed by atoms with E-state index in [0.717, 1.165) is 22.2 Å². The molecule has 27 heavy (non-hydrogen) atoms. The van der Waals surface area contributed by atoms with Gasteiger partial charge in [-0.25, -0.2) is 9.78 Å². The van der Waals surface area contributed by atoms with Crippen molar-refractivity contribution in [1.82, 2.24) is 14.7 Å². The number of benzene rings is 2. The Kier molecular flexibility index (Phi) is 4.03. The summed E-state index contributed by atoms with van der Waals surface area (Å²) in [5.41, 5.74) is 5.77. The SMILES string of the molecule is CCn1c(-c2cnoc2-c2ccc(C)cc2C)nc2cc(C(=O)O)ccc21. The summed E-state index contributed by atoms with van der Waals surface area (Å²) in [5.74, 6) is 0.410. The lowest BCUT2D eigenvalue weighted by Crippen LogP contribution is -1.98. The number of rotatable bonds is 4. The van der Waals surface area contributed by atoms with Gasteiger partial charge in [-0.3, -0.25) is 0 Å². The van der Waals surface area contributed by atoms with Gasteiger partial charge in [-0.15, -0.1) is 0 Å². The van der Waals surface area contributed by atoms with Crippen LogP contribution in [0.4, 0.5) is 0 Å². The van der Waals surface area contributed by atoms with Crippen molar-refractivity contribution in [3.05, 3.63) is 59.3 Å². The zero-order chi connectivity index (χ0) is 19.1. The molecule has 1 N–H and O–H groups in total. The number of hydrogen-bond donors (Lipinski definition) is 1. The second-order valence-electron chi connectivity index (χ2n) is 6.58. The minimum atomic E-state index is -0.967. The maximum absolute atomic E-state index is 11.3. The number of aromatic carboxylic acids is 1. The molecule has 0 amide bonds. The first-order chi connectivity index (χ1) is 13.0. The molecular weight excluding hydrogens is 342 g/mol. The van der Waals surface area contributed by atoms with Crippen molar-refractivity contribution in [2.45, 2.75) is 27.3 Å². The first-order valence-corrected chi connectivity index (χ1v) is 8.76. The molecular formula is C21H19N3O3. The molecule has 0 fully saturated rings. The summed E-state index contributed by atoms with van der Waals surface area (Å²) in [6.45, 7) is 6.81. The number of hydrogen-bond acceptors (Lipinski definition) is 4. The Bertz CT molecular complexity index is 1170. The van der Waals surface area contributed by atoms with Crippen LogP contribution in [0, 0.1) is 13.8 Å². The van der Waals surface area contributed by atoms with Gasteiger partial charge in [-0.2, -0.15) is 0 Å². The lowest BCUT2D eigenvalue weighted by atomic mass is 10.0. The summed E-state index contributed by atoms with van der Waals surface area (Å²) in [7, 11) is 0. The third-order valence-electron chi connectivity index (χ3n) is 4.75. The zero-order valence-corrected chi connectivity index (χ0v) is 15.4. The van der Waals surface area contributed by atoms with Gasteiger partial charge in [0.1, 0.15) is 5.82 Å². The molecule has 0 aliphatic heterocycles. The molecule has 6 heteroatoms. The Morgan fingerprint density at radius 1 is 1.15 bits per heavy atom. The number of carbonyl (C=O) groups is 1. The Hall–Kier alpha value is -3.41. The molecule has 0 saturated heterocycles. The standard InChI is InChI=1S/C21H19N3O3/c1-4-24-18-8-6-14(21(25)26)10-17(18)23-20(24)16-11-22-27-19(16)15-7-5-12(2)9-13(15)3/h5-11H,4H2,1-3H3,(H,25,26). The van der Waals surface area contributed by atoms with Gasteiger partial charge < -0.3 is 14.2 Å². The Morgan fingerprint density at radius 3 is 2.67 bits per heavy atom. The van der Waals surface area contributed by atoms with Gasteiger partial charge in [0.15, 0.2) is 5.76 Å². The molecule has 0 aliphatic carbocycles. The molecule has 0 spiro atoms. The number of fused-ring (bicyclic) bond motifs is 1. The fraction of sp³-hybridized carbons (Fsp3) is 0.190. The van der Waals surface area contributed by atoms with Gasteiger partial charge in [0.25, 0.3) is 0 Å². The van der Waals surface area contributed by atoms with Gasteiger partial charge in [0, 0.05) is 12.1 Å². The molecule has 136 valence electrons. The molecule has 2 aromatic heterocycles. The smallest absolute Gasteiger partial charge is 0.335 e. The van der Waals surface area contributed by atoms with Gasteiger partial charge in [-0.1, -0.05) is 28.9 Å². The molecule has 0 saturated carbocycles. The highest BCUT2D eigenvalue weighted by Gasteiger charge is 2.21. The van der Waals surface area contributed by atoms with Crippen LogP contribution in [-0.2, 0) is 6.54 Å². The van der Waals surface area contributed by atoms with Crippen LogP contribution in [0.3, 0.4) is 0 Å². The van der Waals surface area contributed by atoms with Crippen LogP contribution in [-0.4, -0.2) is 25.8 Å². The van der Waals surface area contributed by atoms with Crippen LogP contribution in [0.15, 0.2) is 47.1 Å². The second-order valence-corrected chi connectivity index (χ2v) is 6.58. The third-order valence-corrected chi connectivity index (χ3v) is 4.75. The number of carboxylic acids is 1. The molecule has 0 bridgehead atoms. The summed E-state index contributed by atoms with van der Waals surface area (Å²) in [6.07, 6.45) is 1.67. The Balaban J connectivity index is 1.93. The maximum Gasteiger partial charge on any atom is 0.335 e. The average Bonchev–Trinajstić information content (AvgIpc) is 3.24. The third kappa shape index (κ3) is 2.79. The lowest BCUT2D eigenvalue weighted by molar-refractivity contribution is 0.0697. The van der Waals surface area contributed by atoms with E-state index in [9.17, 15) is 9.90 Å². The van der Waals surface area contributed by atoms with Crippen LogP contribution in [0.2, 0.25) is 0 Å². The monoisotopic (exact) mass is 361 g/mol. The Labute approximate surface area is 156 Å². The van der Waals surface area contributed by atoms with Crippen LogP contribution in [0.1, 0.15) is 28.4 Å². The lowest BCUT2D eigenvalue weighted by Gasteiger charge is -2.08. The summed E-state index contributed by atoms with van der Waals surface area (Å²) in [4.78, 5) is 16.0. The van der Waals surface area contributed by atoms with Crippen molar-refractivity contribution in [3.8, 4) is 22.7 Å². The number of nitrogens with zero attached hydrogens (tertiary/aromatic N) is 3. The molecule has 0 atom stereocenters. The van der Waals surface area contributed by atoms with Crippen LogP contribution < -0.4 is 0 Å². The largest absolute Gasteiger partial charge is 0.478 e. The number of aryl methyl sites for hydroxylation is 3. The fourth-order valence-corrected chi connectivity index (χ4v) is 3.45. The van der Waals surface area contributed by atoms with E-state index in [1.54, 1.807) is 24.4 Å². The van der Waals surface area contributed by atoms with Gasteiger partial charge in [-0.05, 0) is 44.5 Å². The van der Waals surface area contributed by atoms with Crippen molar-refractivity contribution in [2.24, 2.45) is 0 Å². The van der Waals surface area contributed by atoms with Crippen LogP contribution in [0.25, 0.3) is 33.7 Å². The summed E-state index contributed by atoms with van der Waals surface area (Å²) >= 11 is 0. The molecule has 6 nitrogen and oxygen atoms in total. The van der Waals surface area contributed by atoms with Gasteiger partial charge in [0.2, 0.25) is 0 Å². The molecule has 4 aromatic rings. The minimum Gasteiger partial charge on any atom is -0.478 e. The van der Waals surface area contributed by atoms with E-state index in [4.69, 9.17) is 9.51 Å². The fourth-order valence-electron chi connectivity index (χ4n) is 3.45. The Morgan fingerprint density at radius 2 is 1.96 bits per heavy atom. The van der Waals surface area contributed by atoms with E-state index in [2.05, 4.69) is 18.1 Å². The number of carboxylic acid groups (broad SMARTS) is 1. The molecule has 4 rings (SSSR count). The zero-order valence-electron chi connectivity index (χ0n) is 15.4. The molecule has 0 aliphatic rings. The van der Waals surface area contributed by atoms with E-state index in [1.807, 2.05) is 30.5 Å². The van der Waals surface area contributed by atoms with Gasteiger partial charge >= 0.3 is 5.97 Å². The first kappa shape index (κ1) is 17.0. The van der Waals surface area contributed by atoms with Crippen molar-refractivity contribution >= 4 is 17.0 Å². The topological polar surface area (TPSA) is 81.2 Å². The van der Waals surface area contributed by atoms with E-state index in [1.165, 1.54) is 5.56 Å². The molecule has 0 unspecified atom stereocenters. The highest BCUT2D eigenvalue weighted by molar-refractivity contribution is 5.93. The first-order valence-electron chi connectivity index (χ1n) is 8.76. The second kappa shape index (κ2) is 6.39. The van der Waals surface area contributed by atoms with E-state index in [0.29, 0.717) is 23.6 Å². The summed E-state index contributed by atoms with van der Waals surface area (Å²) in [6, 6.07) is 11.2. The van der Waals surface area contributed by atoms with Crippen molar-refractivity contribution < 1.29 is 14.4 Å². The number of imidazole rings is 1. The van der Waals surface area contributed by atoms with Crippen LogP contribution in [0.5, 0.6) is 0 Å². The average molecular weight is 361 g/mol. The van der Waals surface area contributed by atoms with Crippen molar-refractivity contribution in [1.29, 1.82) is 0 Å². The van der Waals surface area contributed by atoms with E-state index >= 15 is 0 Å². The normalized spacial score (nSPS) is 11.2. The minimum absolute atomic E-state index is 0.217. The summed E-state index contributed by atoms with van der Waals surface area (Å²) < 4.78 is 7.63. The van der Waals surface area contributed by atoms with Gasteiger partial charge in [0.05, 0.1) is 28.4 Å². The highest BCUT2D eigenvalue weighted by atomic mass is 16.5. The predicted octanol–water partition coefficient (Wildman–Crippen LogP) is 4.69. The highest BCUT2D eigenvalue weighted by Crippen LogP contribution is 2.35. The quantitative estimate of drug-likeness (QED) is 0.570. The molecule has 2 aromatic carbocycles. The van der Waals surface area contributed by atoms with Crippen molar-refractivity contribution in [3.63, 3.8) is 0 Å². The van der Waals surface area contributed by atoms with E-state index in [-0.39, 0.29) is 5.56 Å². The maximum atomic E-state index is 11.3. The van der Waals surface area contributed by atoms with E-state index < -0.39 is 5.97 Å². The van der Waals surface area contributed by atoms with Crippen molar-refractivity contribution in [2.75, 3.05) is 0 Å². The predicted molar refractivity (Wildman–Crippen MR) is 103 cm³/mol. The van der Waals surface area contributed by atoms with Crippen LogP contribution >= 0.6 is 0 Å². The number of aromatic nitrogens is 3. The summed E-state index contributed by atoms with van der Waals surface area (Å²) in [5, 5.41) is 13.3. The molecule has 2 heterocycles.